The quantitative estimate of drug-likeness (QED) is 0.0956. The van der Waals surface area contributed by atoms with Crippen LogP contribution in [0.1, 0.15) is 168 Å². The zero-order chi connectivity index (χ0) is 27.4. The second-order valence-corrected chi connectivity index (χ2v) is 13.8. The van der Waals surface area contributed by atoms with E-state index in [1.165, 1.54) is 167 Å². The highest BCUT2D eigenvalue weighted by atomic mass is 79.9. The lowest BCUT2D eigenvalue weighted by molar-refractivity contribution is -0.870. The molecule has 0 radical (unpaired) electrons. The topological polar surface area (TPSA) is 0 Å². The highest BCUT2D eigenvalue weighted by Gasteiger charge is 2.05. The predicted octanol–water partition coefficient (Wildman–Crippen LogP) is 4.80. The summed E-state index contributed by atoms with van der Waals surface area (Å²) in [6.45, 7) is 7.24. The molecule has 4 heteroatoms. The lowest BCUT2D eigenvalue weighted by Gasteiger charge is -2.23. The van der Waals surface area contributed by atoms with Crippen LogP contribution in [-0.2, 0) is 0 Å². The van der Waals surface area contributed by atoms with E-state index in [4.69, 9.17) is 0 Å². The molecule has 0 heterocycles. The zero-order valence-corrected chi connectivity index (χ0v) is 30.4. The van der Waals surface area contributed by atoms with Gasteiger partial charge in [-0.3, -0.25) is 0 Å². The van der Waals surface area contributed by atoms with Gasteiger partial charge >= 0.3 is 0 Å². The molecule has 0 aliphatic carbocycles. The van der Waals surface area contributed by atoms with Gasteiger partial charge in [0.25, 0.3) is 0 Å². The molecule has 0 saturated heterocycles. The van der Waals surface area contributed by atoms with Crippen molar-refractivity contribution in [3.8, 4) is 0 Å². The Morgan fingerprint density at radius 1 is 0.289 bits per heavy atom. The smallest absolute Gasteiger partial charge is 0.0780 e. The van der Waals surface area contributed by atoms with Gasteiger partial charge in [-0.25, -0.2) is 0 Å². The third-order valence-corrected chi connectivity index (χ3v) is 7.36. The minimum atomic E-state index is 0. The minimum absolute atomic E-state index is 0. The molecule has 0 aromatic rings. The van der Waals surface area contributed by atoms with E-state index in [2.05, 4.69) is 56.1 Å². The molecule has 0 aromatic heterocycles. The second-order valence-electron chi connectivity index (χ2n) is 13.8. The van der Waals surface area contributed by atoms with Crippen LogP contribution < -0.4 is 29.4 Å². The van der Waals surface area contributed by atoms with Gasteiger partial charge < -0.3 is 38.4 Å². The minimum Gasteiger partial charge on any atom is -1.00 e. The molecule has 0 aliphatic rings. The molecule has 2 nitrogen and oxygen atoms in total. The van der Waals surface area contributed by atoms with Crippen molar-refractivity contribution in [3.05, 3.63) is 0 Å². The Morgan fingerprint density at radius 2 is 0.447 bits per heavy atom. The first kappa shape index (κ1) is 45.7. The Labute approximate surface area is 260 Å². The normalized spacial score (nSPS) is 11.4. The van der Waals surface area contributed by atoms with Gasteiger partial charge in [-0.1, -0.05) is 142 Å². The Morgan fingerprint density at radius 3 is 0.605 bits per heavy atom. The molecule has 0 fully saturated rings. The van der Waals surface area contributed by atoms with E-state index < -0.39 is 0 Å². The molecule has 0 aliphatic heterocycles. The van der Waals surface area contributed by atoms with E-state index in [-0.39, 0.29) is 29.4 Å². The first-order valence-corrected chi connectivity index (χ1v) is 16.7. The molecule has 0 unspecified atom stereocenters. The summed E-state index contributed by atoms with van der Waals surface area (Å²) in [7, 11) is 13.7. The largest absolute Gasteiger partial charge is 1.00 e. The first-order chi connectivity index (χ1) is 17.1. The highest BCUT2D eigenvalue weighted by Crippen LogP contribution is 2.13. The fraction of sp³-hybridized carbons (Fsp3) is 1.00. The zero-order valence-electron chi connectivity index (χ0n) is 28.0. The van der Waals surface area contributed by atoms with Crippen LogP contribution in [0, 0.1) is 0 Å². The van der Waals surface area contributed by atoms with E-state index in [0.717, 1.165) is 8.97 Å². The first-order valence-electron chi connectivity index (χ1n) is 16.7. The van der Waals surface area contributed by atoms with Crippen LogP contribution in [-0.4, -0.2) is 64.3 Å². The molecular weight excluding hydrogens is 552 g/mol. The maximum absolute atomic E-state index is 2.29. The molecule has 0 atom stereocenters. The lowest BCUT2D eigenvalue weighted by atomic mass is 10.1. The molecule has 38 heavy (non-hydrogen) atoms. The number of unbranched alkanes of at least 4 members (excludes halogenated alkanes) is 22. The van der Waals surface area contributed by atoms with E-state index in [1.807, 2.05) is 0 Å². The van der Waals surface area contributed by atoms with Crippen molar-refractivity contribution in [2.75, 3.05) is 55.4 Å². The number of hydrogen-bond acceptors (Lipinski definition) is 0. The summed E-state index contributed by atoms with van der Waals surface area (Å²) in [6, 6.07) is 0. The predicted molar refractivity (Wildman–Crippen MR) is 168 cm³/mol. The Balaban J connectivity index is -0.000000289. The van der Waals surface area contributed by atoms with Crippen molar-refractivity contribution in [1.29, 1.82) is 0 Å². The molecule has 236 valence electrons. The van der Waals surface area contributed by atoms with Crippen molar-refractivity contribution in [3.63, 3.8) is 0 Å². The third kappa shape index (κ3) is 49.6. The van der Waals surface area contributed by atoms with Crippen LogP contribution in [0.25, 0.3) is 0 Å². The fourth-order valence-corrected chi connectivity index (χ4v) is 4.85. The van der Waals surface area contributed by atoms with Gasteiger partial charge in [0, 0.05) is 0 Å². The van der Waals surface area contributed by atoms with E-state index in [9.17, 15) is 0 Å². The number of nitrogens with zero attached hydrogens (tertiary/aromatic N) is 2. The van der Waals surface area contributed by atoms with Gasteiger partial charge in [0.05, 0.1) is 55.4 Å². The van der Waals surface area contributed by atoms with Crippen molar-refractivity contribution in [2.45, 2.75) is 168 Å². The summed E-state index contributed by atoms with van der Waals surface area (Å²) in [5.41, 5.74) is 0. The van der Waals surface area contributed by atoms with Gasteiger partial charge in [-0.15, -0.1) is 0 Å². The maximum Gasteiger partial charge on any atom is 0.0780 e. The molecule has 0 saturated carbocycles. The number of rotatable bonds is 26. The second kappa shape index (κ2) is 33.9. The Kier molecular flexibility index (Phi) is 40.7. The van der Waals surface area contributed by atoms with Crippen LogP contribution in [0.2, 0.25) is 0 Å². The summed E-state index contributed by atoms with van der Waals surface area (Å²) in [5, 5.41) is 0. The molecule has 0 aromatic carbocycles. The Hall–Kier alpha value is 0.690. The summed E-state index contributed by atoms with van der Waals surface area (Å²) in [5.74, 6) is 0. The van der Waals surface area contributed by atoms with Gasteiger partial charge in [0.1, 0.15) is 0 Å². The van der Waals surface area contributed by atoms with Crippen molar-refractivity contribution in [1.82, 2.24) is 0 Å². The highest BCUT2D eigenvalue weighted by molar-refractivity contribution is 4.49. The summed E-state index contributed by atoms with van der Waals surface area (Å²) >= 11 is 0. The third-order valence-electron chi connectivity index (χ3n) is 7.36. The molecule has 0 bridgehead atoms. The summed E-state index contributed by atoms with van der Waals surface area (Å²) in [4.78, 5) is 0. The van der Waals surface area contributed by atoms with Crippen LogP contribution in [0.5, 0.6) is 0 Å². The van der Waals surface area contributed by atoms with Gasteiger partial charge in [-0.2, -0.15) is 0 Å². The van der Waals surface area contributed by atoms with Gasteiger partial charge in [0.15, 0.2) is 0 Å². The van der Waals surface area contributed by atoms with E-state index in [1.54, 1.807) is 0 Å². The number of hydrogen-bond donors (Lipinski definition) is 0. The summed E-state index contributed by atoms with van der Waals surface area (Å²) in [6.07, 6.45) is 34.8. The van der Waals surface area contributed by atoms with Crippen LogP contribution >= 0.6 is 0 Å². The van der Waals surface area contributed by atoms with Gasteiger partial charge in [-0.05, 0) is 25.7 Å². The molecule has 0 spiro atoms. The lowest BCUT2D eigenvalue weighted by Crippen LogP contribution is -3.00. The van der Waals surface area contributed by atoms with Gasteiger partial charge in [0.2, 0.25) is 0 Å². The van der Waals surface area contributed by atoms with Crippen molar-refractivity contribution < 1.29 is 38.4 Å². The monoisotopic (exact) mass is 626 g/mol. The molecule has 0 N–H and O–H groups in total. The average Bonchev–Trinajstić information content (AvgIpc) is 2.79. The van der Waals surface area contributed by atoms with E-state index in [0.29, 0.717) is 0 Å². The number of halogens is 2. The van der Waals surface area contributed by atoms with Crippen LogP contribution in [0.15, 0.2) is 0 Å². The molecular formula is C34H76BrClN2. The average molecular weight is 628 g/mol. The Bertz CT molecular complexity index is 366. The standard InChI is InChI=1S/2C17H38N.BrH.ClH/c2*1-5-6-7-8-9-10-11-12-13-14-15-16-17-18(2,3)4;;/h2*5-17H2,1-4H3;2*1H/q2*+1;;/p-2. The molecule has 0 amide bonds. The van der Waals surface area contributed by atoms with Crippen LogP contribution in [0.4, 0.5) is 0 Å². The molecule has 0 rings (SSSR count). The fourth-order valence-electron chi connectivity index (χ4n) is 4.85. The SMILES string of the molecule is CCCCCCCCCCCCCC[N+](C)(C)C.CCCCCCCCCCCCCC[N+](C)(C)C.[Br-].[Cl-]. The van der Waals surface area contributed by atoms with Crippen molar-refractivity contribution >= 4 is 0 Å². The van der Waals surface area contributed by atoms with E-state index >= 15 is 0 Å². The summed E-state index contributed by atoms with van der Waals surface area (Å²) < 4.78 is 2.25. The number of quaternary nitrogens is 2. The van der Waals surface area contributed by atoms with Crippen LogP contribution in [0.3, 0.4) is 0 Å². The maximum atomic E-state index is 2.29. The van der Waals surface area contributed by atoms with Crippen molar-refractivity contribution in [2.24, 2.45) is 0 Å².